The Kier molecular flexibility index (Phi) is 3.29. The third kappa shape index (κ3) is 2.25. The Hall–Kier alpha value is -2.02. The van der Waals surface area contributed by atoms with E-state index in [9.17, 15) is 0 Å². The van der Waals surface area contributed by atoms with Gasteiger partial charge in [0.15, 0.2) is 0 Å². The number of aromatic nitrogens is 5. The van der Waals surface area contributed by atoms with E-state index in [0.29, 0.717) is 12.0 Å². The van der Waals surface area contributed by atoms with Crippen molar-refractivity contribution in [2.45, 2.75) is 45.2 Å². The highest BCUT2D eigenvalue weighted by atomic mass is 32.1. The minimum absolute atomic E-state index is 0.348. The summed E-state index contributed by atoms with van der Waals surface area (Å²) in [7, 11) is 0. The largest absolute Gasteiger partial charge is 0.364 e. The molecule has 0 radical (unpaired) electrons. The first-order valence-electron chi connectivity index (χ1n) is 7.59. The summed E-state index contributed by atoms with van der Waals surface area (Å²) in [4.78, 5) is 8.72. The molecule has 0 saturated carbocycles. The van der Waals surface area contributed by atoms with Crippen molar-refractivity contribution in [2.24, 2.45) is 0 Å². The molecule has 3 aromatic heterocycles. The Morgan fingerprint density at radius 1 is 1.32 bits per heavy atom. The van der Waals surface area contributed by atoms with Gasteiger partial charge in [-0.05, 0) is 17.9 Å². The van der Waals surface area contributed by atoms with Crippen molar-refractivity contribution >= 4 is 27.4 Å². The lowest BCUT2D eigenvalue weighted by Gasteiger charge is -2.26. The van der Waals surface area contributed by atoms with Gasteiger partial charge in [-0.25, -0.2) is 9.97 Å². The van der Waals surface area contributed by atoms with Crippen molar-refractivity contribution in [3.05, 3.63) is 29.4 Å². The lowest BCUT2D eigenvalue weighted by molar-refractivity contribution is 0.459. The molecule has 1 aliphatic rings. The Morgan fingerprint density at radius 3 is 3.09 bits per heavy atom. The summed E-state index contributed by atoms with van der Waals surface area (Å²) in [6, 6.07) is 2.38. The number of hydrogen-bond donors (Lipinski definition) is 1. The summed E-state index contributed by atoms with van der Waals surface area (Å²) in [5.41, 5.74) is 1.01. The van der Waals surface area contributed by atoms with Gasteiger partial charge in [0, 0.05) is 24.9 Å². The number of hydrogen-bond acceptors (Lipinski definition) is 6. The predicted octanol–water partition coefficient (Wildman–Crippen LogP) is 2.83. The zero-order valence-corrected chi connectivity index (χ0v) is 13.5. The van der Waals surface area contributed by atoms with Crippen molar-refractivity contribution in [1.29, 1.82) is 0 Å². The van der Waals surface area contributed by atoms with Gasteiger partial charge in [0.2, 0.25) is 0 Å². The zero-order chi connectivity index (χ0) is 15.1. The van der Waals surface area contributed by atoms with Crippen LogP contribution in [0.2, 0.25) is 0 Å². The molecule has 6 nitrogen and oxygen atoms in total. The Balaban J connectivity index is 1.60. The van der Waals surface area contributed by atoms with Crippen LogP contribution in [0, 0.1) is 0 Å². The molecule has 22 heavy (non-hydrogen) atoms. The number of anilines is 1. The molecule has 0 unspecified atom stereocenters. The molecule has 4 heterocycles. The summed E-state index contributed by atoms with van der Waals surface area (Å²) in [6.07, 6.45) is 3.63. The Morgan fingerprint density at radius 2 is 2.23 bits per heavy atom. The first-order chi connectivity index (χ1) is 10.7. The Bertz CT molecular complexity index is 805. The molecule has 0 amide bonds. The molecule has 3 aromatic rings. The maximum atomic E-state index is 4.42. The van der Waals surface area contributed by atoms with Gasteiger partial charge in [-0.2, -0.15) is 0 Å². The maximum absolute atomic E-state index is 4.42. The van der Waals surface area contributed by atoms with Crippen molar-refractivity contribution in [3.8, 4) is 0 Å². The number of aryl methyl sites for hydroxylation is 1. The SMILES string of the molecule is CC(C)c1nnc2n1C[C@H](Nc1ncnc3ccsc13)CC2. The lowest BCUT2D eigenvalue weighted by Crippen LogP contribution is -2.32. The molecule has 4 rings (SSSR count). The van der Waals surface area contributed by atoms with E-state index in [2.05, 4.69) is 49.3 Å². The molecule has 7 heteroatoms. The third-order valence-corrected chi connectivity index (χ3v) is 4.99. The quantitative estimate of drug-likeness (QED) is 0.805. The second-order valence-corrected chi connectivity index (χ2v) is 6.89. The zero-order valence-electron chi connectivity index (χ0n) is 12.7. The molecule has 0 fully saturated rings. The Labute approximate surface area is 132 Å². The van der Waals surface area contributed by atoms with Crippen LogP contribution in [0.3, 0.4) is 0 Å². The van der Waals surface area contributed by atoms with E-state index in [4.69, 9.17) is 0 Å². The molecular formula is C15H18N6S. The standard InChI is InChI=1S/C15H18N6S/c1-9(2)15-20-19-12-4-3-10(7-21(12)15)18-14-13-11(5-6-22-13)16-8-17-14/h5-6,8-10H,3-4,7H2,1-2H3,(H,16,17,18)/t10-/m1/s1. The highest BCUT2D eigenvalue weighted by molar-refractivity contribution is 7.17. The smallest absolute Gasteiger partial charge is 0.147 e. The summed E-state index contributed by atoms with van der Waals surface area (Å²) >= 11 is 1.68. The molecule has 0 spiro atoms. The summed E-state index contributed by atoms with van der Waals surface area (Å²) in [6.45, 7) is 5.22. The van der Waals surface area contributed by atoms with Crippen LogP contribution in [0.25, 0.3) is 10.2 Å². The fourth-order valence-electron chi connectivity index (χ4n) is 2.98. The van der Waals surface area contributed by atoms with Crippen LogP contribution in [0.15, 0.2) is 17.8 Å². The summed E-state index contributed by atoms with van der Waals surface area (Å²) in [5, 5.41) is 14.3. The van der Waals surface area contributed by atoms with Crippen molar-refractivity contribution in [1.82, 2.24) is 24.7 Å². The van der Waals surface area contributed by atoms with Gasteiger partial charge < -0.3 is 9.88 Å². The molecule has 0 aromatic carbocycles. The van der Waals surface area contributed by atoms with E-state index in [-0.39, 0.29) is 0 Å². The van der Waals surface area contributed by atoms with Crippen molar-refractivity contribution in [2.75, 3.05) is 5.32 Å². The molecule has 114 valence electrons. The van der Waals surface area contributed by atoms with Gasteiger partial charge >= 0.3 is 0 Å². The van der Waals surface area contributed by atoms with Crippen molar-refractivity contribution < 1.29 is 0 Å². The van der Waals surface area contributed by atoms with E-state index in [1.54, 1.807) is 17.7 Å². The van der Waals surface area contributed by atoms with Crippen LogP contribution >= 0.6 is 11.3 Å². The first kappa shape index (κ1) is 13.6. The summed E-state index contributed by atoms with van der Waals surface area (Å²) < 4.78 is 3.39. The molecule has 1 N–H and O–H groups in total. The van der Waals surface area contributed by atoms with Crippen LogP contribution in [-0.2, 0) is 13.0 Å². The van der Waals surface area contributed by atoms with Gasteiger partial charge in [-0.3, -0.25) is 0 Å². The number of rotatable bonds is 3. The number of nitrogens with zero attached hydrogens (tertiary/aromatic N) is 5. The van der Waals surface area contributed by atoms with Crippen LogP contribution < -0.4 is 5.32 Å². The highest BCUT2D eigenvalue weighted by Gasteiger charge is 2.24. The van der Waals surface area contributed by atoms with Gasteiger partial charge in [0.1, 0.15) is 23.8 Å². The van der Waals surface area contributed by atoms with Crippen LogP contribution in [0.5, 0.6) is 0 Å². The van der Waals surface area contributed by atoms with Gasteiger partial charge in [0.25, 0.3) is 0 Å². The predicted molar refractivity (Wildman–Crippen MR) is 87.3 cm³/mol. The minimum Gasteiger partial charge on any atom is -0.364 e. The second kappa shape index (κ2) is 5.31. The van der Waals surface area contributed by atoms with Crippen molar-refractivity contribution in [3.63, 3.8) is 0 Å². The van der Waals surface area contributed by atoms with Gasteiger partial charge in [-0.15, -0.1) is 21.5 Å². The van der Waals surface area contributed by atoms with Crippen LogP contribution in [0.4, 0.5) is 5.82 Å². The number of nitrogens with one attached hydrogen (secondary N) is 1. The van der Waals surface area contributed by atoms with E-state index >= 15 is 0 Å². The molecule has 0 bridgehead atoms. The second-order valence-electron chi connectivity index (χ2n) is 5.98. The number of fused-ring (bicyclic) bond motifs is 2. The molecule has 0 saturated heterocycles. The van der Waals surface area contributed by atoms with Gasteiger partial charge in [-0.1, -0.05) is 13.8 Å². The average molecular weight is 314 g/mol. The molecule has 0 aliphatic carbocycles. The van der Waals surface area contributed by atoms with Crippen LogP contribution in [-0.4, -0.2) is 30.8 Å². The first-order valence-corrected chi connectivity index (χ1v) is 8.47. The van der Waals surface area contributed by atoms with E-state index < -0.39 is 0 Å². The molecule has 1 atom stereocenters. The maximum Gasteiger partial charge on any atom is 0.147 e. The molecule has 1 aliphatic heterocycles. The highest BCUT2D eigenvalue weighted by Crippen LogP contribution is 2.27. The monoisotopic (exact) mass is 314 g/mol. The molecular weight excluding hydrogens is 296 g/mol. The van der Waals surface area contributed by atoms with Crippen LogP contribution in [0.1, 0.15) is 37.8 Å². The fourth-order valence-corrected chi connectivity index (χ4v) is 3.78. The minimum atomic E-state index is 0.348. The topological polar surface area (TPSA) is 68.5 Å². The van der Waals surface area contributed by atoms with E-state index in [0.717, 1.165) is 47.1 Å². The normalized spacial score (nSPS) is 17.9. The average Bonchev–Trinajstić information content (AvgIpc) is 3.13. The van der Waals surface area contributed by atoms with E-state index in [1.165, 1.54) is 0 Å². The lowest BCUT2D eigenvalue weighted by atomic mass is 10.1. The van der Waals surface area contributed by atoms with Gasteiger partial charge in [0.05, 0.1) is 10.2 Å². The number of thiophene rings is 1. The summed E-state index contributed by atoms with van der Waals surface area (Å²) in [5.74, 6) is 3.51. The fraction of sp³-hybridized carbons (Fsp3) is 0.467. The van der Waals surface area contributed by atoms with E-state index in [1.807, 2.05) is 6.07 Å². The third-order valence-electron chi connectivity index (χ3n) is 4.08.